The summed E-state index contributed by atoms with van der Waals surface area (Å²) in [6, 6.07) is 10.6. The van der Waals surface area contributed by atoms with Crippen LogP contribution < -0.4 is 14.8 Å². The molecule has 0 saturated heterocycles. The zero-order valence-electron chi connectivity index (χ0n) is 14.3. The third kappa shape index (κ3) is 3.36. The molecule has 0 aliphatic rings. The van der Waals surface area contributed by atoms with Crippen molar-refractivity contribution in [3.8, 4) is 11.5 Å². The smallest absolute Gasteiger partial charge is 0.244 e. The Morgan fingerprint density at radius 2 is 1.92 bits per heavy atom. The van der Waals surface area contributed by atoms with Crippen LogP contribution in [0.25, 0.3) is 10.9 Å². The van der Waals surface area contributed by atoms with E-state index < -0.39 is 0 Å². The molecule has 0 unspecified atom stereocenters. The highest BCUT2D eigenvalue weighted by molar-refractivity contribution is 6.32. The topological polar surface area (TPSA) is 69.6 Å². The highest BCUT2D eigenvalue weighted by Crippen LogP contribution is 2.35. The van der Waals surface area contributed by atoms with Crippen LogP contribution in [0.1, 0.15) is 10.4 Å². The SMILES string of the molecule is COc1cc(OC)c(NC(=O)Cn2cc(C=O)c3ccccc32)cc1Cl. The first-order chi connectivity index (χ1) is 12.6. The molecule has 134 valence electrons. The number of aromatic nitrogens is 1. The predicted molar refractivity (Wildman–Crippen MR) is 101 cm³/mol. The van der Waals surface area contributed by atoms with E-state index in [1.165, 1.54) is 14.2 Å². The second-order valence-electron chi connectivity index (χ2n) is 5.58. The summed E-state index contributed by atoms with van der Waals surface area (Å²) in [6.45, 7) is 0.0428. The number of halogens is 1. The number of carbonyl (C=O) groups is 2. The maximum atomic E-state index is 12.5. The van der Waals surface area contributed by atoms with Gasteiger partial charge in [-0.3, -0.25) is 9.59 Å². The quantitative estimate of drug-likeness (QED) is 0.669. The molecule has 0 saturated carbocycles. The van der Waals surface area contributed by atoms with Gasteiger partial charge in [0.2, 0.25) is 5.91 Å². The Labute approximate surface area is 155 Å². The van der Waals surface area contributed by atoms with Crippen molar-refractivity contribution in [3.63, 3.8) is 0 Å². The molecule has 0 radical (unpaired) electrons. The molecule has 0 aliphatic carbocycles. The molecular weight excluding hydrogens is 356 g/mol. The Hall–Kier alpha value is -2.99. The van der Waals surface area contributed by atoms with Gasteiger partial charge in [-0.2, -0.15) is 0 Å². The number of anilines is 1. The van der Waals surface area contributed by atoms with E-state index in [0.29, 0.717) is 27.8 Å². The van der Waals surface area contributed by atoms with Crippen molar-refractivity contribution in [1.82, 2.24) is 4.57 Å². The van der Waals surface area contributed by atoms with Gasteiger partial charge in [0.25, 0.3) is 0 Å². The molecule has 0 atom stereocenters. The van der Waals surface area contributed by atoms with Crippen molar-refractivity contribution in [1.29, 1.82) is 0 Å². The van der Waals surface area contributed by atoms with Gasteiger partial charge in [-0.1, -0.05) is 29.8 Å². The van der Waals surface area contributed by atoms with Gasteiger partial charge in [0.05, 0.1) is 24.9 Å². The fourth-order valence-corrected chi connectivity index (χ4v) is 3.04. The number of nitrogens with one attached hydrogen (secondary N) is 1. The normalized spacial score (nSPS) is 10.6. The lowest BCUT2D eigenvalue weighted by atomic mass is 10.2. The minimum absolute atomic E-state index is 0.0428. The highest BCUT2D eigenvalue weighted by atomic mass is 35.5. The first-order valence-electron chi connectivity index (χ1n) is 7.81. The average molecular weight is 373 g/mol. The number of fused-ring (bicyclic) bond motifs is 1. The Balaban J connectivity index is 1.86. The Kier molecular flexibility index (Phi) is 5.14. The molecular formula is C19H17ClN2O4. The van der Waals surface area contributed by atoms with Crippen LogP contribution in [-0.2, 0) is 11.3 Å². The molecule has 1 aromatic heterocycles. The molecule has 7 heteroatoms. The van der Waals surface area contributed by atoms with E-state index in [2.05, 4.69) is 5.32 Å². The maximum Gasteiger partial charge on any atom is 0.244 e. The number of rotatable bonds is 6. The van der Waals surface area contributed by atoms with Crippen molar-refractivity contribution in [2.45, 2.75) is 6.54 Å². The van der Waals surface area contributed by atoms with Crippen molar-refractivity contribution >= 4 is 40.4 Å². The standard InChI is InChI=1S/C19H17ClN2O4/c1-25-17-8-18(26-2)15(7-14(17)20)21-19(24)10-22-9-12(11-23)13-5-3-4-6-16(13)22/h3-9,11H,10H2,1-2H3,(H,21,24). The number of methoxy groups -OCH3 is 2. The molecule has 3 rings (SSSR count). The molecule has 0 bridgehead atoms. The molecule has 1 N–H and O–H groups in total. The molecule has 0 aliphatic heterocycles. The lowest BCUT2D eigenvalue weighted by Crippen LogP contribution is -2.18. The largest absolute Gasteiger partial charge is 0.495 e. The fraction of sp³-hybridized carbons (Fsp3) is 0.158. The molecule has 1 amide bonds. The molecule has 0 spiro atoms. The van der Waals surface area contributed by atoms with Crippen molar-refractivity contribution in [3.05, 3.63) is 53.2 Å². The summed E-state index contributed by atoms with van der Waals surface area (Å²) in [5.41, 5.74) is 1.79. The predicted octanol–water partition coefficient (Wildman–Crippen LogP) is 3.76. The van der Waals surface area contributed by atoms with Crippen molar-refractivity contribution < 1.29 is 19.1 Å². The Bertz CT molecular complexity index is 981. The van der Waals surface area contributed by atoms with Crippen LogP contribution in [0, 0.1) is 0 Å². The number of amides is 1. The Morgan fingerprint density at radius 3 is 2.62 bits per heavy atom. The van der Waals surface area contributed by atoms with E-state index in [9.17, 15) is 9.59 Å². The first kappa shape index (κ1) is 17.8. The van der Waals surface area contributed by atoms with Crippen LogP contribution in [0.4, 0.5) is 5.69 Å². The summed E-state index contributed by atoms with van der Waals surface area (Å²) in [5, 5.41) is 3.95. The third-order valence-corrected chi connectivity index (χ3v) is 4.30. The Morgan fingerprint density at radius 1 is 1.19 bits per heavy atom. The molecule has 6 nitrogen and oxygen atoms in total. The van der Waals surface area contributed by atoms with Crippen molar-refractivity contribution in [2.24, 2.45) is 0 Å². The van der Waals surface area contributed by atoms with Crippen molar-refractivity contribution in [2.75, 3.05) is 19.5 Å². The molecule has 2 aromatic carbocycles. The molecule has 26 heavy (non-hydrogen) atoms. The summed E-state index contributed by atoms with van der Waals surface area (Å²) in [7, 11) is 2.99. The molecule has 1 heterocycles. The number of nitrogens with zero attached hydrogens (tertiary/aromatic N) is 1. The zero-order chi connectivity index (χ0) is 18.7. The highest BCUT2D eigenvalue weighted by Gasteiger charge is 2.14. The van der Waals surface area contributed by atoms with Crippen LogP contribution in [0.5, 0.6) is 11.5 Å². The van der Waals surface area contributed by atoms with Gasteiger partial charge >= 0.3 is 0 Å². The van der Waals surface area contributed by atoms with E-state index in [1.807, 2.05) is 24.3 Å². The lowest BCUT2D eigenvalue weighted by molar-refractivity contribution is -0.116. The number of ether oxygens (including phenoxy) is 2. The van der Waals surface area contributed by atoms with Gasteiger partial charge in [-0.25, -0.2) is 0 Å². The maximum absolute atomic E-state index is 12.5. The number of hydrogen-bond acceptors (Lipinski definition) is 4. The number of hydrogen-bond donors (Lipinski definition) is 1. The number of para-hydroxylation sites is 1. The van der Waals surface area contributed by atoms with Gasteiger partial charge in [0.1, 0.15) is 18.0 Å². The third-order valence-electron chi connectivity index (χ3n) is 4.01. The summed E-state index contributed by atoms with van der Waals surface area (Å²) < 4.78 is 12.2. The minimum Gasteiger partial charge on any atom is -0.495 e. The summed E-state index contributed by atoms with van der Waals surface area (Å²) >= 11 is 6.13. The van der Waals surface area contributed by atoms with Crippen LogP contribution in [0.2, 0.25) is 5.02 Å². The second kappa shape index (κ2) is 7.49. The first-order valence-corrected chi connectivity index (χ1v) is 8.19. The van der Waals surface area contributed by atoms with Gasteiger partial charge in [0, 0.05) is 28.7 Å². The van der Waals surface area contributed by atoms with Gasteiger partial charge in [0.15, 0.2) is 6.29 Å². The van der Waals surface area contributed by atoms with Crippen LogP contribution in [0.15, 0.2) is 42.6 Å². The van der Waals surface area contributed by atoms with E-state index in [0.717, 1.165) is 17.2 Å². The molecule has 0 fully saturated rings. The molecule has 3 aromatic rings. The van der Waals surface area contributed by atoms with Crippen LogP contribution in [-0.4, -0.2) is 31.0 Å². The van der Waals surface area contributed by atoms with Gasteiger partial charge in [-0.15, -0.1) is 0 Å². The van der Waals surface area contributed by atoms with E-state index in [1.54, 1.807) is 22.9 Å². The van der Waals surface area contributed by atoms with E-state index in [4.69, 9.17) is 21.1 Å². The fourth-order valence-electron chi connectivity index (χ4n) is 2.80. The zero-order valence-corrected chi connectivity index (χ0v) is 15.0. The number of benzene rings is 2. The van der Waals surface area contributed by atoms with Crippen LogP contribution >= 0.6 is 11.6 Å². The van der Waals surface area contributed by atoms with Gasteiger partial charge < -0.3 is 19.4 Å². The summed E-state index contributed by atoms with van der Waals surface area (Å²) in [6.07, 6.45) is 2.44. The summed E-state index contributed by atoms with van der Waals surface area (Å²) in [5.74, 6) is 0.613. The van der Waals surface area contributed by atoms with Gasteiger partial charge in [-0.05, 0) is 12.1 Å². The number of carbonyl (C=O) groups excluding carboxylic acids is 2. The summed E-state index contributed by atoms with van der Waals surface area (Å²) in [4.78, 5) is 23.7. The van der Waals surface area contributed by atoms with E-state index >= 15 is 0 Å². The monoisotopic (exact) mass is 372 g/mol. The second-order valence-corrected chi connectivity index (χ2v) is 5.99. The lowest BCUT2D eigenvalue weighted by Gasteiger charge is -2.13. The number of aldehydes is 1. The van der Waals surface area contributed by atoms with Crippen LogP contribution in [0.3, 0.4) is 0 Å². The minimum atomic E-state index is -0.275. The average Bonchev–Trinajstić information content (AvgIpc) is 3.00. The van der Waals surface area contributed by atoms with E-state index in [-0.39, 0.29) is 12.5 Å².